The molecule has 0 aliphatic carbocycles. The van der Waals surface area contributed by atoms with Crippen LogP contribution in [-0.2, 0) is 0 Å². The maximum atomic E-state index is 14.0. The second-order valence-electron chi connectivity index (χ2n) is 4.17. The normalized spacial score (nSPS) is 12.6. The third kappa shape index (κ3) is 3.39. The Morgan fingerprint density at radius 1 is 1.41 bits per heavy atom. The molecular formula is C12H15BrFNOS. The summed E-state index contributed by atoms with van der Waals surface area (Å²) in [5, 5.41) is 0. The van der Waals surface area contributed by atoms with Gasteiger partial charge in [-0.2, -0.15) is 0 Å². The molecule has 94 valence electrons. The molecule has 0 saturated carbocycles. The Hall–Kier alpha value is -0.680. The van der Waals surface area contributed by atoms with Crippen molar-refractivity contribution in [3.63, 3.8) is 0 Å². The van der Waals surface area contributed by atoms with Crippen molar-refractivity contribution in [1.29, 1.82) is 0 Å². The maximum absolute atomic E-state index is 14.0. The molecule has 0 heterocycles. The van der Waals surface area contributed by atoms with Gasteiger partial charge in [-0.1, -0.05) is 26.1 Å². The first-order valence-electron chi connectivity index (χ1n) is 5.29. The average Bonchev–Trinajstić information content (AvgIpc) is 2.24. The topological polar surface area (TPSA) is 35.2 Å². The summed E-state index contributed by atoms with van der Waals surface area (Å²) in [4.78, 5) is 0.152. The molecule has 0 radical (unpaired) electrons. The molecule has 1 atom stereocenters. The lowest BCUT2D eigenvalue weighted by Gasteiger charge is -2.19. The van der Waals surface area contributed by atoms with Gasteiger partial charge in [0, 0.05) is 5.56 Å². The van der Waals surface area contributed by atoms with Gasteiger partial charge in [0.2, 0.25) is 0 Å². The Balaban J connectivity index is 3.05. The van der Waals surface area contributed by atoms with E-state index in [-0.39, 0.29) is 21.3 Å². The highest BCUT2D eigenvalue weighted by Crippen LogP contribution is 2.29. The van der Waals surface area contributed by atoms with Crippen molar-refractivity contribution < 1.29 is 9.13 Å². The average molecular weight is 320 g/mol. The van der Waals surface area contributed by atoms with Gasteiger partial charge < -0.3 is 10.5 Å². The lowest BCUT2D eigenvalue weighted by atomic mass is 10.1. The van der Waals surface area contributed by atoms with Gasteiger partial charge in [0.25, 0.3) is 0 Å². The summed E-state index contributed by atoms with van der Waals surface area (Å²) in [6.45, 7) is 5.93. The molecule has 1 aromatic carbocycles. The van der Waals surface area contributed by atoms with Gasteiger partial charge in [-0.05, 0) is 40.9 Å². The summed E-state index contributed by atoms with van der Waals surface area (Å²) in [5.74, 6) is 0.0457. The van der Waals surface area contributed by atoms with Gasteiger partial charge in [-0.3, -0.25) is 0 Å². The predicted molar refractivity (Wildman–Crippen MR) is 74.9 cm³/mol. The van der Waals surface area contributed by atoms with E-state index in [2.05, 4.69) is 15.9 Å². The van der Waals surface area contributed by atoms with Crippen LogP contribution in [0.1, 0.15) is 26.3 Å². The molecule has 17 heavy (non-hydrogen) atoms. The zero-order valence-corrected chi connectivity index (χ0v) is 12.4. The lowest BCUT2D eigenvalue weighted by Crippen LogP contribution is -2.19. The van der Waals surface area contributed by atoms with Crippen molar-refractivity contribution in [3.8, 4) is 5.75 Å². The standard InChI is InChI=1S/C12H15BrFNOS/c1-6(2)7(3)16-9-5-4-8(12(15)17)10(13)11(9)14/h4-7H,1-3H3,(H2,15,17). The summed E-state index contributed by atoms with van der Waals surface area (Å²) in [7, 11) is 0. The van der Waals surface area contributed by atoms with Crippen LogP contribution < -0.4 is 10.5 Å². The fourth-order valence-electron chi connectivity index (χ4n) is 1.15. The maximum Gasteiger partial charge on any atom is 0.179 e. The molecule has 0 bridgehead atoms. The Bertz CT molecular complexity index is 437. The van der Waals surface area contributed by atoms with Crippen LogP contribution in [0.15, 0.2) is 16.6 Å². The van der Waals surface area contributed by atoms with E-state index in [0.717, 1.165) is 0 Å². The molecule has 0 aromatic heterocycles. The van der Waals surface area contributed by atoms with Crippen molar-refractivity contribution in [2.24, 2.45) is 11.7 Å². The third-order valence-electron chi connectivity index (χ3n) is 2.56. The third-order valence-corrected chi connectivity index (χ3v) is 3.56. The van der Waals surface area contributed by atoms with Gasteiger partial charge in [0.05, 0.1) is 10.6 Å². The van der Waals surface area contributed by atoms with Gasteiger partial charge >= 0.3 is 0 Å². The Kier molecular flexibility index (Phi) is 4.89. The molecule has 0 spiro atoms. The van der Waals surface area contributed by atoms with Crippen molar-refractivity contribution in [2.45, 2.75) is 26.9 Å². The van der Waals surface area contributed by atoms with Crippen molar-refractivity contribution in [3.05, 3.63) is 28.0 Å². The smallest absolute Gasteiger partial charge is 0.179 e. The highest BCUT2D eigenvalue weighted by molar-refractivity contribution is 9.10. The minimum atomic E-state index is -0.470. The SMILES string of the molecule is CC(C)C(C)Oc1ccc(C(N)=S)c(Br)c1F. The summed E-state index contributed by atoms with van der Waals surface area (Å²) in [6.07, 6.45) is -0.0629. The van der Waals surface area contributed by atoms with Gasteiger partial charge in [-0.15, -0.1) is 0 Å². The number of ether oxygens (including phenoxy) is 1. The van der Waals surface area contributed by atoms with Gasteiger partial charge in [0.15, 0.2) is 11.6 Å². The van der Waals surface area contributed by atoms with E-state index in [0.29, 0.717) is 11.5 Å². The second kappa shape index (κ2) is 5.78. The first-order valence-corrected chi connectivity index (χ1v) is 6.49. The first-order chi connectivity index (χ1) is 7.84. The molecule has 1 aromatic rings. The number of rotatable bonds is 4. The second-order valence-corrected chi connectivity index (χ2v) is 5.40. The molecule has 2 nitrogen and oxygen atoms in total. The number of halogens is 2. The molecule has 0 fully saturated rings. The zero-order chi connectivity index (χ0) is 13.2. The Labute approximate surface area is 114 Å². The van der Waals surface area contributed by atoms with Gasteiger partial charge in [-0.25, -0.2) is 4.39 Å². The highest BCUT2D eigenvalue weighted by atomic mass is 79.9. The molecule has 1 rings (SSSR count). The van der Waals surface area contributed by atoms with E-state index < -0.39 is 5.82 Å². The minimum absolute atomic E-state index is 0.0629. The molecule has 0 aliphatic heterocycles. The molecule has 1 unspecified atom stereocenters. The number of thiocarbonyl (C=S) groups is 1. The van der Waals surface area contributed by atoms with Crippen LogP contribution in [0.5, 0.6) is 5.75 Å². The Morgan fingerprint density at radius 2 is 2.00 bits per heavy atom. The fraction of sp³-hybridized carbons (Fsp3) is 0.417. The van der Waals surface area contributed by atoms with Crippen LogP contribution in [0.25, 0.3) is 0 Å². The minimum Gasteiger partial charge on any atom is -0.487 e. The summed E-state index contributed by atoms with van der Waals surface area (Å²) < 4.78 is 19.7. The van der Waals surface area contributed by atoms with E-state index >= 15 is 0 Å². The van der Waals surface area contributed by atoms with Crippen LogP contribution in [0, 0.1) is 11.7 Å². The predicted octanol–water partition coefficient (Wildman–Crippen LogP) is 3.65. The summed E-state index contributed by atoms with van der Waals surface area (Å²) in [6, 6.07) is 3.20. The first kappa shape index (κ1) is 14.4. The summed E-state index contributed by atoms with van der Waals surface area (Å²) in [5.41, 5.74) is 5.95. The number of nitrogens with two attached hydrogens (primary N) is 1. The van der Waals surface area contributed by atoms with Crippen molar-refractivity contribution in [1.82, 2.24) is 0 Å². The summed E-state index contributed by atoms with van der Waals surface area (Å²) >= 11 is 7.96. The molecule has 2 N–H and O–H groups in total. The number of benzene rings is 1. The van der Waals surface area contributed by atoms with Crippen molar-refractivity contribution in [2.75, 3.05) is 0 Å². The van der Waals surface area contributed by atoms with Crippen LogP contribution in [0.4, 0.5) is 4.39 Å². The van der Waals surface area contributed by atoms with E-state index in [4.69, 9.17) is 22.7 Å². The van der Waals surface area contributed by atoms with Crippen LogP contribution >= 0.6 is 28.1 Å². The Morgan fingerprint density at radius 3 is 2.47 bits per heavy atom. The number of hydrogen-bond acceptors (Lipinski definition) is 2. The lowest BCUT2D eigenvalue weighted by molar-refractivity contribution is 0.163. The fourth-order valence-corrected chi connectivity index (χ4v) is 1.99. The molecule has 0 aliphatic rings. The monoisotopic (exact) mass is 319 g/mol. The van der Waals surface area contributed by atoms with Crippen molar-refractivity contribution >= 4 is 33.1 Å². The van der Waals surface area contributed by atoms with Crippen LogP contribution in [-0.4, -0.2) is 11.1 Å². The number of hydrogen-bond donors (Lipinski definition) is 1. The van der Waals surface area contributed by atoms with E-state index in [1.54, 1.807) is 12.1 Å². The van der Waals surface area contributed by atoms with Gasteiger partial charge in [0.1, 0.15) is 4.99 Å². The van der Waals surface area contributed by atoms with Crippen LogP contribution in [0.2, 0.25) is 0 Å². The van der Waals surface area contributed by atoms with E-state index in [1.165, 1.54) is 0 Å². The van der Waals surface area contributed by atoms with E-state index in [1.807, 2.05) is 20.8 Å². The molecule has 0 saturated heterocycles. The van der Waals surface area contributed by atoms with E-state index in [9.17, 15) is 4.39 Å². The molecule has 0 amide bonds. The molecular weight excluding hydrogens is 305 g/mol. The quantitative estimate of drug-likeness (QED) is 0.860. The largest absolute Gasteiger partial charge is 0.487 e. The zero-order valence-electron chi connectivity index (χ0n) is 9.96. The molecule has 5 heteroatoms. The highest BCUT2D eigenvalue weighted by Gasteiger charge is 2.17. The van der Waals surface area contributed by atoms with Crippen LogP contribution in [0.3, 0.4) is 0 Å².